The van der Waals surface area contributed by atoms with Gasteiger partial charge >= 0.3 is 0 Å². The largest absolute Gasteiger partial charge is 0.325 e. The van der Waals surface area contributed by atoms with E-state index in [4.69, 9.17) is 11.6 Å². The molecule has 6 heteroatoms. The molecule has 118 valence electrons. The van der Waals surface area contributed by atoms with Crippen molar-refractivity contribution in [2.24, 2.45) is 0 Å². The predicted octanol–water partition coefficient (Wildman–Crippen LogP) is 4.23. The number of hydrogen-bond acceptors (Lipinski definition) is 3. The quantitative estimate of drug-likeness (QED) is 0.673. The number of amides is 1. The van der Waals surface area contributed by atoms with Crippen LogP contribution in [0.25, 0.3) is 0 Å². The first-order valence-electron chi connectivity index (χ1n) is 7.25. The predicted molar refractivity (Wildman–Crippen MR) is 88.8 cm³/mol. The van der Waals surface area contributed by atoms with Gasteiger partial charge in [0.25, 0.3) is 5.69 Å². The summed E-state index contributed by atoms with van der Waals surface area (Å²) in [5.74, 6) is -0.100. The average Bonchev–Trinajstić information content (AvgIpc) is 3.34. The van der Waals surface area contributed by atoms with E-state index in [0.29, 0.717) is 10.7 Å². The summed E-state index contributed by atoms with van der Waals surface area (Å²) in [5, 5.41) is 14.3. The molecule has 5 nitrogen and oxygen atoms in total. The van der Waals surface area contributed by atoms with Crippen LogP contribution in [-0.4, -0.2) is 10.8 Å². The van der Waals surface area contributed by atoms with Crippen LogP contribution in [0.3, 0.4) is 0 Å². The van der Waals surface area contributed by atoms with Crippen molar-refractivity contribution in [1.82, 2.24) is 0 Å². The molecular formula is C17H15ClN2O3. The van der Waals surface area contributed by atoms with Crippen molar-refractivity contribution in [2.45, 2.75) is 25.2 Å². The third kappa shape index (κ3) is 2.80. The Labute approximate surface area is 138 Å². The third-order valence-electron chi connectivity index (χ3n) is 4.33. The van der Waals surface area contributed by atoms with Crippen LogP contribution in [0.4, 0.5) is 11.4 Å². The SMILES string of the molecule is Cc1c(Cl)cccc1NC(=O)C1(c2ccc([N+](=O)[O-])cc2)CC1. The van der Waals surface area contributed by atoms with Crippen LogP contribution >= 0.6 is 11.6 Å². The van der Waals surface area contributed by atoms with Gasteiger partial charge in [0, 0.05) is 22.8 Å². The minimum absolute atomic E-state index is 0.0237. The zero-order valence-electron chi connectivity index (χ0n) is 12.5. The van der Waals surface area contributed by atoms with Gasteiger partial charge in [0.1, 0.15) is 0 Å². The van der Waals surface area contributed by atoms with Gasteiger partial charge in [-0.3, -0.25) is 14.9 Å². The molecule has 0 bridgehead atoms. The average molecular weight is 331 g/mol. The number of nitro groups is 1. The summed E-state index contributed by atoms with van der Waals surface area (Å²) in [7, 11) is 0. The Morgan fingerprint density at radius 1 is 1.22 bits per heavy atom. The highest BCUT2D eigenvalue weighted by atomic mass is 35.5. The monoisotopic (exact) mass is 330 g/mol. The number of carbonyl (C=O) groups is 1. The number of nitrogens with zero attached hydrogens (tertiary/aromatic N) is 1. The van der Waals surface area contributed by atoms with Gasteiger partial charge in [0.15, 0.2) is 0 Å². The van der Waals surface area contributed by atoms with Crippen molar-refractivity contribution < 1.29 is 9.72 Å². The summed E-state index contributed by atoms with van der Waals surface area (Å²) in [6.45, 7) is 1.85. The van der Waals surface area contributed by atoms with Crippen molar-refractivity contribution in [3.8, 4) is 0 Å². The minimum Gasteiger partial charge on any atom is -0.325 e. The summed E-state index contributed by atoms with van der Waals surface area (Å²) in [4.78, 5) is 23.0. The Kier molecular flexibility index (Phi) is 3.82. The summed E-state index contributed by atoms with van der Waals surface area (Å²) in [5.41, 5.74) is 1.75. The zero-order valence-corrected chi connectivity index (χ0v) is 13.3. The highest BCUT2D eigenvalue weighted by Gasteiger charge is 2.51. The molecule has 23 heavy (non-hydrogen) atoms. The topological polar surface area (TPSA) is 72.2 Å². The molecule has 0 heterocycles. The highest BCUT2D eigenvalue weighted by Crippen LogP contribution is 2.49. The van der Waals surface area contributed by atoms with Gasteiger partial charge in [0.2, 0.25) is 5.91 Å². The number of non-ortho nitro benzene ring substituents is 1. The van der Waals surface area contributed by atoms with E-state index < -0.39 is 10.3 Å². The molecule has 0 aromatic heterocycles. The minimum atomic E-state index is -0.593. The molecule has 2 aromatic carbocycles. The van der Waals surface area contributed by atoms with E-state index in [9.17, 15) is 14.9 Å². The van der Waals surface area contributed by atoms with Crippen molar-refractivity contribution in [2.75, 3.05) is 5.32 Å². The number of nitrogens with one attached hydrogen (secondary N) is 1. The lowest BCUT2D eigenvalue weighted by Gasteiger charge is -2.17. The fourth-order valence-electron chi connectivity index (χ4n) is 2.66. The van der Waals surface area contributed by atoms with Gasteiger partial charge in [-0.25, -0.2) is 0 Å². The number of anilines is 1. The number of rotatable bonds is 4. The van der Waals surface area contributed by atoms with Crippen molar-refractivity contribution in [3.63, 3.8) is 0 Å². The van der Waals surface area contributed by atoms with Crippen LogP contribution in [0.1, 0.15) is 24.0 Å². The van der Waals surface area contributed by atoms with Crippen molar-refractivity contribution in [3.05, 3.63) is 68.7 Å². The fourth-order valence-corrected chi connectivity index (χ4v) is 2.83. The van der Waals surface area contributed by atoms with E-state index in [1.165, 1.54) is 12.1 Å². The van der Waals surface area contributed by atoms with Gasteiger partial charge in [-0.15, -0.1) is 0 Å². The Balaban J connectivity index is 1.84. The van der Waals surface area contributed by atoms with Crippen LogP contribution in [0.5, 0.6) is 0 Å². The third-order valence-corrected chi connectivity index (χ3v) is 4.74. The molecule has 3 rings (SSSR count). The first-order chi connectivity index (χ1) is 10.9. The number of benzene rings is 2. The van der Waals surface area contributed by atoms with E-state index in [-0.39, 0.29) is 11.6 Å². The van der Waals surface area contributed by atoms with Crippen LogP contribution in [-0.2, 0) is 10.2 Å². The van der Waals surface area contributed by atoms with Crippen LogP contribution in [0.2, 0.25) is 5.02 Å². The molecule has 0 atom stereocenters. The lowest BCUT2D eigenvalue weighted by Crippen LogP contribution is -2.28. The van der Waals surface area contributed by atoms with E-state index >= 15 is 0 Å². The summed E-state index contributed by atoms with van der Waals surface area (Å²) >= 11 is 6.08. The zero-order chi connectivity index (χ0) is 16.6. The Morgan fingerprint density at radius 2 is 1.87 bits per heavy atom. The Hall–Kier alpha value is -2.40. The molecule has 0 unspecified atom stereocenters. The second-order valence-electron chi connectivity index (χ2n) is 5.75. The van der Waals surface area contributed by atoms with E-state index in [0.717, 1.165) is 24.0 Å². The summed E-state index contributed by atoms with van der Waals surface area (Å²) in [6, 6.07) is 11.6. The number of nitro benzene ring substituents is 1. The molecule has 1 fully saturated rings. The lowest BCUT2D eigenvalue weighted by molar-refractivity contribution is -0.384. The first kappa shape index (κ1) is 15.5. The normalized spacial score (nSPS) is 15.0. The smallest absolute Gasteiger partial charge is 0.269 e. The van der Waals surface area contributed by atoms with Crippen molar-refractivity contribution in [1.29, 1.82) is 0 Å². The second kappa shape index (κ2) is 5.66. The van der Waals surface area contributed by atoms with Crippen LogP contribution in [0, 0.1) is 17.0 Å². The molecule has 1 aliphatic carbocycles. The Bertz CT molecular complexity index is 783. The molecule has 0 aliphatic heterocycles. The van der Waals surface area contributed by atoms with Crippen molar-refractivity contribution >= 4 is 28.9 Å². The first-order valence-corrected chi connectivity index (χ1v) is 7.63. The van der Waals surface area contributed by atoms with E-state index in [1.807, 2.05) is 13.0 Å². The van der Waals surface area contributed by atoms with Gasteiger partial charge < -0.3 is 5.32 Å². The van der Waals surface area contributed by atoms with Gasteiger partial charge in [-0.2, -0.15) is 0 Å². The maximum Gasteiger partial charge on any atom is 0.269 e. The molecule has 1 amide bonds. The van der Waals surface area contributed by atoms with E-state index in [2.05, 4.69) is 5.32 Å². The van der Waals surface area contributed by atoms with Crippen LogP contribution in [0.15, 0.2) is 42.5 Å². The highest BCUT2D eigenvalue weighted by molar-refractivity contribution is 6.31. The standard InChI is InChI=1S/C17H15ClN2O3/c1-11-14(18)3-2-4-15(11)19-16(21)17(9-10-17)12-5-7-13(8-6-12)20(22)23/h2-8H,9-10H2,1H3,(H,19,21). The Morgan fingerprint density at radius 3 is 2.43 bits per heavy atom. The molecule has 0 saturated heterocycles. The summed E-state index contributed by atoms with van der Waals surface area (Å²) < 4.78 is 0. The number of halogens is 1. The molecule has 2 aromatic rings. The molecule has 1 saturated carbocycles. The lowest BCUT2D eigenvalue weighted by atomic mass is 9.94. The molecule has 1 aliphatic rings. The fraction of sp³-hybridized carbons (Fsp3) is 0.235. The van der Waals surface area contributed by atoms with Crippen LogP contribution < -0.4 is 5.32 Å². The summed E-state index contributed by atoms with van der Waals surface area (Å²) in [6.07, 6.45) is 1.46. The van der Waals surface area contributed by atoms with Gasteiger partial charge in [0.05, 0.1) is 10.3 Å². The molecule has 0 radical (unpaired) electrons. The second-order valence-corrected chi connectivity index (χ2v) is 6.16. The molecule has 1 N–H and O–H groups in total. The number of hydrogen-bond donors (Lipinski definition) is 1. The molecular weight excluding hydrogens is 316 g/mol. The van der Waals surface area contributed by atoms with E-state index in [1.54, 1.807) is 24.3 Å². The van der Waals surface area contributed by atoms with Gasteiger partial charge in [-0.05, 0) is 43.0 Å². The molecule has 0 spiro atoms. The number of carbonyl (C=O) groups excluding carboxylic acids is 1. The maximum absolute atomic E-state index is 12.7. The maximum atomic E-state index is 12.7. The van der Waals surface area contributed by atoms with Gasteiger partial charge in [-0.1, -0.05) is 29.8 Å².